The van der Waals surface area contributed by atoms with E-state index >= 15 is 0 Å². The van der Waals surface area contributed by atoms with Crippen molar-refractivity contribution in [1.29, 1.82) is 0 Å². The van der Waals surface area contributed by atoms with Crippen molar-refractivity contribution in [3.63, 3.8) is 0 Å². The number of carbonyl (C=O) groups is 1. The molecule has 19 heavy (non-hydrogen) atoms. The van der Waals surface area contributed by atoms with Gasteiger partial charge in [-0.25, -0.2) is 8.78 Å². The fourth-order valence-corrected chi connectivity index (χ4v) is 2.04. The first-order chi connectivity index (χ1) is 8.48. The zero-order chi connectivity index (χ0) is 13.2. The second-order valence-electron chi connectivity index (χ2n) is 4.63. The van der Waals surface area contributed by atoms with E-state index in [9.17, 15) is 13.6 Å². The van der Waals surface area contributed by atoms with Gasteiger partial charge in [-0.15, -0.1) is 12.4 Å². The quantitative estimate of drug-likeness (QED) is 0.897. The first-order valence-corrected chi connectivity index (χ1v) is 5.94. The molecule has 6 heteroatoms. The van der Waals surface area contributed by atoms with Crippen LogP contribution in [0.5, 0.6) is 0 Å². The molecule has 2 atom stereocenters. The smallest absolute Gasteiger partial charge is 0.262 e. The van der Waals surface area contributed by atoms with Crippen LogP contribution in [0.25, 0.3) is 0 Å². The number of rotatable bonds is 3. The summed E-state index contributed by atoms with van der Waals surface area (Å²) in [6, 6.07) is 8.43. The summed E-state index contributed by atoms with van der Waals surface area (Å²) in [5.74, 6) is -3.15. The summed E-state index contributed by atoms with van der Waals surface area (Å²) >= 11 is 0. The highest BCUT2D eigenvalue weighted by molar-refractivity contribution is 5.85. The third-order valence-corrected chi connectivity index (χ3v) is 3.08. The monoisotopic (exact) mass is 290 g/mol. The predicted molar refractivity (Wildman–Crippen MR) is 71.6 cm³/mol. The number of benzene rings is 1. The Bertz CT molecular complexity index is 428. The Morgan fingerprint density at radius 3 is 2.58 bits per heavy atom. The third kappa shape index (κ3) is 4.14. The highest BCUT2D eigenvalue weighted by atomic mass is 35.5. The van der Waals surface area contributed by atoms with Crippen molar-refractivity contribution in [3.05, 3.63) is 35.9 Å². The molecule has 3 nitrogen and oxygen atoms in total. The average molecular weight is 291 g/mol. The molecule has 2 N–H and O–H groups in total. The van der Waals surface area contributed by atoms with E-state index in [0.29, 0.717) is 0 Å². The number of carbonyl (C=O) groups excluding carboxylic acids is 1. The van der Waals surface area contributed by atoms with Gasteiger partial charge >= 0.3 is 0 Å². The van der Waals surface area contributed by atoms with Crippen LogP contribution in [0.3, 0.4) is 0 Å². The average Bonchev–Trinajstić information content (AvgIpc) is 2.71. The van der Waals surface area contributed by atoms with E-state index in [1.165, 1.54) is 0 Å². The van der Waals surface area contributed by atoms with Gasteiger partial charge in [0, 0.05) is 6.42 Å². The molecule has 106 valence electrons. The van der Waals surface area contributed by atoms with Crippen LogP contribution in [0.1, 0.15) is 24.9 Å². The van der Waals surface area contributed by atoms with Crippen molar-refractivity contribution in [2.24, 2.45) is 0 Å². The zero-order valence-corrected chi connectivity index (χ0v) is 11.3. The van der Waals surface area contributed by atoms with Crippen molar-refractivity contribution in [1.82, 2.24) is 10.6 Å². The molecule has 1 aliphatic rings. The number of alkyl halides is 2. The van der Waals surface area contributed by atoms with Gasteiger partial charge in [-0.2, -0.15) is 0 Å². The van der Waals surface area contributed by atoms with E-state index in [1.807, 2.05) is 37.3 Å². The summed E-state index contributed by atoms with van der Waals surface area (Å²) in [5, 5.41) is 5.28. The van der Waals surface area contributed by atoms with Gasteiger partial charge in [-0.05, 0) is 12.5 Å². The SMILES string of the molecule is C[C@@H](NC(=O)C1CC(F)(F)CN1)c1ccccc1.Cl. The Balaban J connectivity index is 0.00000180. The summed E-state index contributed by atoms with van der Waals surface area (Å²) in [6.45, 7) is 1.41. The van der Waals surface area contributed by atoms with Crippen LogP contribution in [0, 0.1) is 0 Å². The largest absolute Gasteiger partial charge is 0.348 e. The number of halogens is 3. The van der Waals surface area contributed by atoms with Crippen LogP contribution in [0.2, 0.25) is 0 Å². The maximum atomic E-state index is 13.0. The van der Waals surface area contributed by atoms with E-state index < -0.39 is 24.9 Å². The Morgan fingerprint density at radius 2 is 2.05 bits per heavy atom. The molecule has 0 bridgehead atoms. The van der Waals surface area contributed by atoms with Gasteiger partial charge < -0.3 is 5.32 Å². The molecule has 1 fully saturated rings. The summed E-state index contributed by atoms with van der Waals surface area (Å²) in [5.41, 5.74) is 0.954. The highest BCUT2D eigenvalue weighted by Crippen LogP contribution is 2.25. The van der Waals surface area contributed by atoms with Crippen molar-refractivity contribution >= 4 is 18.3 Å². The van der Waals surface area contributed by atoms with Crippen molar-refractivity contribution in [2.45, 2.75) is 31.4 Å². The van der Waals surface area contributed by atoms with E-state index in [2.05, 4.69) is 10.6 Å². The fraction of sp³-hybridized carbons (Fsp3) is 0.462. The van der Waals surface area contributed by atoms with Gasteiger partial charge in [0.1, 0.15) is 0 Å². The predicted octanol–water partition coefficient (Wildman–Crippen LogP) is 2.28. The van der Waals surface area contributed by atoms with Crippen LogP contribution < -0.4 is 10.6 Å². The summed E-state index contributed by atoms with van der Waals surface area (Å²) in [7, 11) is 0. The van der Waals surface area contributed by atoms with Crippen molar-refractivity contribution in [3.8, 4) is 0 Å². The highest BCUT2D eigenvalue weighted by Gasteiger charge is 2.42. The lowest BCUT2D eigenvalue weighted by Crippen LogP contribution is -2.41. The molecule has 2 rings (SSSR count). The molecule has 1 unspecified atom stereocenters. The molecule has 1 saturated heterocycles. The van der Waals surface area contributed by atoms with Gasteiger partial charge in [-0.3, -0.25) is 10.1 Å². The lowest BCUT2D eigenvalue weighted by molar-refractivity contribution is -0.124. The minimum atomic E-state index is -2.78. The molecule has 1 aliphatic heterocycles. The third-order valence-electron chi connectivity index (χ3n) is 3.08. The molecular formula is C13H17ClF2N2O. The van der Waals surface area contributed by atoms with E-state index in [-0.39, 0.29) is 24.4 Å². The van der Waals surface area contributed by atoms with Gasteiger partial charge in [0.25, 0.3) is 5.92 Å². The fourth-order valence-electron chi connectivity index (χ4n) is 2.04. The molecule has 0 aromatic heterocycles. The van der Waals surface area contributed by atoms with Crippen LogP contribution in [0.15, 0.2) is 30.3 Å². The molecule has 0 spiro atoms. The topological polar surface area (TPSA) is 41.1 Å². The minimum absolute atomic E-state index is 0. The Morgan fingerprint density at radius 1 is 1.42 bits per heavy atom. The standard InChI is InChI=1S/C13H16F2N2O.ClH/c1-9(10-5-3-2-4-6-10)17-12(18)11-7-13(14,15)8-16-11;/h2-6,9,11,16H,7-8H2,1H3,(H,17,18);1H/t9-,11?;/m1./s1. The van der Waals surface area contributed by atoms with Crippen LogP contribution in [-0.4, -0.2) is 24.4 Å². The molecule has 0 aliphatic carbocycles. The van der Waals surface area contributed by atoms with Crippen LogP contribution in [-0.2, 0) is 4.79 Å². The molecule has 1 amide bonds. The maximum absolute atomic E-state index is 13.0. The van der Waals surface area contributed by atoms with Gasteiger partial charge in [0.15, 0.2) is 0 Å². The van der Waals surface area contributed by atoms with Gasteiger partial charge in [0.05, 0.1) is 18.6 Å². The summed E-state index contributed by atoms with van der Waals surface area (Å²) in [4.78, 5) is 11.8. The Labute approximate surface area is 117 Å². The first-order valence-electron chi connectivity index (χ1n) is 5.94. The molecular weight excluding hydrogens is 274 g/mol. The molecule has 1 aromatic carbocycles. The summed E-state index contributed by atoms with van der Waals surface area (Å²) < 4.78 is 25.9. The van der Waals surface area contributed by atoms with Gasteiger partial charge in [-0.1, -0.05) is 30.3 Å². The second-order valence-corrected chi connectivity index (χ2v) is 4.63. The van der Waals surface area contributed by atoms with E-state index in [0.717, 1.165) is 5.56 Å². The Hall–Kier alpha value is -1.20. The van der Waals surface area contributed by atoms with E-state index in [4.69, 9.17) is 0 Å². The zero-order valence-electron chi connectivity index (χ0n) is 10.5. The first kappa shape index (κ1) is 15.9. The minimum Gasteiger partial charge on any atom is -0.348 e. The lowest BCUT2D eigenvalue weighted by Gasteiger charge is -2.17. The number of nitrogens with one attached hydrogen (secondary N) is 2. The van der Waals surface area contributed by atoms with Crippen molar-refractivity contribution in [2.75, 3.05) is 6.54 Å². The molecule has 1 heterocycles. The van der Waals surface area contributed by atoms with Crippen LogP contribution in [0.4, 0.5) is 8.78 Å². The molecule has 0 radical (unpaired) electrons. The molecule has 0 saturated carbocycles. The van der Waals surface area contributed by atoms with Gasteiger partial charge in [0.2, 0.25) is 5.91 Å². The summed E-state index contributed by atoms with van der Waals surface area (Å²) in [6.07, 6.45) is -0.430. The lowest BCUT2D eigenvalue weighted by atomic mass is 10.1. The second kappa shape index (κ2) is 6.30. The van der Waals surface area contributed by atoms with E-state index in [1.54, 1.807) is 0 Å². The maximum Gasteiger partial charge on any atom is 0.262 e. The Kier molecular flexibility index (Phi) is 5.26. The molecule has 1 aromatic rings. The normalized spacial score (nSPS) is 22.4. The number of hydrogen-bond acceptors (Lipinski definition) is 2. The van der Waals surface area contributed by atoms with Crippen molar-refractivity contribution < 1.29 is 13.6 Å². The van der Waals surface area contributed by atoms with Crippen LogP contribution >= 0.6 is 12.4 Å². The number of hydrogen-bond donors (Lipinski definition) is 2. The number of amides is 1.